The van der Waals surface area contributed by atoms with Crippen LogP contribution in [-0.4, -0.2) is 42.0 Å². The van der Waals surface area contributed by atoms with Crippen molar-refractivity contribution in [2.24, 2.45) is 5.73 Å². The van der Waals surface area contributed by atoms with Gasteiger partial charge in [-0.3, -0.25) is 4.79 Å². The molecule has 0 aromatic heterocycles. The predicted molar refractivity (Wildman–Crippen MR) is 84.0 cm³/mol. The highest BCUT2D eigenvalue weighted by Gasteiger charge is 2.12. The van der Waals surface area contributed by atoms with Gasteiger partial charge in [0.05, 0.1) is 0 Å². The third-order valence-corrected chi connectivity index (χ3v) is 3.43. The first-order valence-corrected chi connectivity index (χ1v) is 7.59. The number of nitrogens with two attached hydrogens (primary N) is 1. The van der Waals surface area contributed by atoms with Crippen molar-refractivity contribution in [1.82, 2.24) is 0 Å². The zero-order chi connectivity index (χ0) is 15.0. The molecule has 0 fully saturated rings. The summed E-state index contributed by atoms with van der Waals surface area (Å²) in [4.78, 5) is 12.9. The van der Waals surface area contributed by atoms with Crippen molar-refractivity contribution in [2.45, 2.75) is 18.9 Å². The third kappa shape index (κ3) is 5.57. The number of aliphatic carboxylic acids is 1. The summed E-state index contributed by atoms with van der Waals surface area (Å²) in [7, 11) is 0. The van der Waals surface area contributed by atoms with Gasteiger partial charge >= 0.3 is 5.97 Å². The highest BCUT2D eigenvalue weighted by atomic mass is 35.5. The number of carboxylic acids is 1. The molecule has 0 amide bonds. The smallest absolute Gasteiger partial charge is 0.320 e. The van der Waals surface area contributed by atoms with E-state index in [4.69, 9.17) is 34.0 Å². The highest BCUT2D eigenvalue weighted by Crippen LogP contribution is 2.17. The summed E-state index contributed by atoms with van der Waals surface area (Å²) in [6.07, 6.45) is 1.22. The van der Waals surface area contributed by atoms with Crippen LogP contribution >= 0.6 is 23.2 Å². The van der Waals surface area contributed by atoms with Crippen LogP contribution in [0.15, 0.2) is 24.3 Å². The molecule has 0 aliphatic carbocycles. The molecule has 0 radical (unpaired) electrons. The van der Waals surface area contributed by atoms with Gasteiger partial charge in [0.1, 0.15) is 6.04 Å². The van der Waals surface area contributed by atoms with Crippen LogP contribution in [0.3, 0.4) is 0 Å². The summed E-state index contributed by atoms with van der Waals surface area (Å²) >= 11 is 11.5. The van der Waals surface area contributed by atoms with Crippen LogP contribution < -0.4 is 10.6 Å². The molecule has 1 aromatic carbocycles. The monoisotopic (exact) mass is 318 g/mol. The van der Waals surface area contributed by atoms with E-state index < -0.39 is 12.0 Å². The van der Waals surface area contributed by atoms with Crippen LogP contribution in [0, 0.1) is 0 Å². The van der Waals surface area contributed by atoms with Crippen molar-refractivity contribution in [2.75, 3.05) is 29.7 Å². The second-order valence-electron chi connectivity index (χ2n) is 4.53. The van der Waals surface area contributed by atoms with E-state index in [0.29, 0.717) is 18.2 Å². The predicted octanol–water partition coefficient (Wildman–Crippen LogP) is 2.32. The Hall–Kier alpha value is -0.970. The first-order chi connectivity index (χ1) is 9.58. The normalized spacial score (nSPS) is 12.2. The third-order valence-electron chi connectivity index (χ3n) is 2.99. The Bertz CT molecular complexity index is 412. The Balaban J connectivity index is 2.69. The standard InChI is InChI=1S/C14H20Cl2N2O2/c15-6-1-8-18(9-7-16)12-4-2-11(3-5-12)10-13(17)14(19)20/h2-5,13H,1,6-10,17H2,(H,19,20). The van der Waals surface area contributed by atoms with E-state index in [1.54, 1.807) is 0 Å². The largest absolute Gasteiger partial charge is 0.480 e. The van der Waals surface area contributed by atoms with Gasteiger partial charge in [-0.2, -0.15) is 0 Å². The highest BCUT2D eigenvalue weighted by molar-refractivity contribution is 6.18. The fourth-order valence-electron chi connectivity index (χ4n) is 1.91. The molecule has 1 unspecified atom stereocenters. The molecule has 112 valence electrons. The van der Waals surface area contributed by atoms with E-state index in [1.807, 2.05) is 24.3 Å². The number of hydrogen-bond donors (Lipinski definition) is 2. The van der Waals surface area contributed by atoms with Crippen molar-refractivity contribution in [3.63, 3.8) is 0 Å². The van der Waals surface area contributed by atoms with Crippen molar-refractivity contribution >= 4 is 34.9 Å². The summed E-state index contributed by atoms with van der Waals surface area (Å²) in [5.74, 6) is 0.179. The summed E-state index contributed by atoms with van der Waals surface area (Å²) in [6.45, 7) is 1.61. The van der Waals surface area contributed by atoms with Crippen molar-refractivity contribution in [3.05, 3.63) is 29.8 Å². The Morgan fingerprint density at radius 3 is 2.35 bits per heavy atom. The minimum Gasteiger partial charge on any atom is -0.480 e. The van der Waals surface area contributed by atoms with Gasteiger partial charge in [0.2, 0.25) is 0 Å². The Morgan fingerprint density at radius 2 is 1.85 bits per heavy atom. The van der Waals surface area contributed by atoms with Gasteiger partial charge in [0.25, 0.3) is 0 Å². The van der Waals surface area contributed by atoms with Gasteiger partial charge < -0.3 is 15.7 Å². The molecule has 1 atom stereocenters. The molecule has 0 aliphatic rings. The fourth-order valence-corrected chi connectivity index (χ4v) is 2.23. The maximum Gasteiger partial charge on any atom is 0.320 e. The summed E-state index contributed by atoms with van der Waals surface area (Å²) < 4.78 is 0. The molecule has 20 heavy (non-hydrogen) atoms. The van der Waals surface area contributed by atoms with Crippen LogP contribution in [0.1, 0.15) is 12.0 Å². The van der Waals surface area contributed by atoms with Crippen molar-refractivity contribution < 1.29 is 9.90 Å². The molecule has 0 heterocycles. The van der Waals surface area contributed by atoms with Crippen LogP contribution in [0.4, 0.5) is 5.69 Å². The van der Waals surface area contributed by atoms with E-state index in [1.165, 1.54) is 0 Å². The number of rotatable bonds is 9. The number of halogens is 2. The Kier molecular flexibility index (Phi) is 7.73. The molecule has 1 aromatic rings. The van der Waals surface area contributed by atoms with E-state index in [0.717, 1.165) is 30.8 Å². The van der Waals surface area contributed by atoms with Crippen molar-refractivity contribution in [3.8, 4) is 0 Å². The molecule has 1 rings (SSSR count). The van der Waals surface area contributed by atoms with Crippen molar-refractivity contribution in [1.29, 1.82) is 0 Å². The van der Waals surface area contributed by atoms with Gasteiger partial charge in [-0.25, -0.2) is 0 Å². The number of carbonyl (C=O) groups is 1. The molecule has 0 saturated carbocycles. The van der Waals surface area contributed by atoms with Gasteiger partial charge in [0, 0.05) is 30.5 Å². The van der Waals surface area contributed by atoms with Crippen LogP contribution in [0.25, 0.3) is 0 Å². The number of anilines is 1. The molecule has 4 nitrogen and oxygen atoms in total. The molecular formula is C14H20Cl2N2O2. The quantitative estimate of drug-likeness (QED) is 0.686. The van der Waals surface area contributed by atoms with Gasteiger partial charge in [-0.15, -0.1) is 23.2 Å². The van der Waals surface area contributed by atoms with Gasteiger partial charge in [-0.1, -0.05) is 12.1 Å². The first kappa shape index (κ1) is 17.1. The molecule has 0 bridgehead atoms. The molecule has 0 aliphatic heterocycles. The summed E-state index contributed by atoms with van der Waals surface area (Å²) in [6, 6.07) is 6.87. The lowest BCUT2D eigenvalue weighted by Crippen LogP contribution is -2.32. The van der Waals surface area contributed by atoms with Crippen LogP contribution in [0.5, 0.6) is 0 Å². The lowest BCUT2D eigenvalue weighted by Gasteiger charge is -2.23. The maximum absolute atomic E-state index is 10.7. The van der Waals surface area contributed by atoms with E-state index in [2.05, 4.69) is 4.90 Å². The summed E-state index contributed by atoms with van der Waals surface area (Å²) in [5.41, 5.74) is 7.49. The van der Waals surface area contributed by atoms with Crippen LogP contribution in [0.2, 0.25) is 0 Å². The van der Waals surface area contributed by atoms with Gasteiger partial charge in [0.15, 0.2) is 0 Å². The summed E-state index contributed by atoms with van der Waals surface area (Å²) in [5, 5.41) is 8.79. The number of benzene rings is 1. The van der Waals surface area contributed by atoms with Crippen LogP contribution in [-0.2, 0) is 11.2 Å². The number of nitrogens with zero attached hydrogens (tertiary/aromatic N) is 1. The van der Waals surface area contributed by atoms with E-state index >= 15 is 0 Å². The molecule has 6 heteroatoms. The SMILES string of the molecule is NC(Cc1ccc(N(CCCl)CCCCl)cc1)C(=O)O. The van der Waals surface area contributed by atoms with E-state index in [-0.39, 0.29) is 0 Å². The Morgan fingerprint density at radius 1 is 1.20 bits per heavy atom. The van der Waals surface area contributed by atoms with Gasteiger partial charge in [-0.05, 0) is 30.5 Å². The maximum atomic E-state index is 10.7. The first-order valence-electron chi connectivity index (χ1n) is 6.52. The second kappa shape index (κ2) is 9.06. The average Bonchev–Trinajstić information content (AvgIpc) is 2.44. The zero-order valence-corrected chi connectivity index (χ0v) is 12.8. The molecule has 3 N–H and O–H groups in total. The topological polar surface area (TPSA) is 66.6 Å². The zero-order valence-electron chi connectivity index (χ0n) is 11.3. The number of carboxylic acid groups (broad SMARTS) is 1. The number of alkyl halides is 2. The molecule has 0 saturated heterocycles. The minimum absolute atomic E-state index is 0.326. The van der Waals surface area contributed by atoms with E-state index in [9.17, 15) is 4.79 Å². The number of hydrogen-bond acceptors (Lipinski definition) is 3. The Labute approximate surface area is 129 Å². The molecular weight excluding hydrogens is 299 g/mol. The average molecular weight is 319 g/mol. The fraction of sp³-hybridized carbons (Fsp3) is 0.500. The second-order valence-corrected chi connectivity index (χ2v) is 5.29. The minimum atomic E-state index is -0.986. The lowest BCUT2D eigenvalue weighted by atomic mass is 10.1. The lowest BCUT2D eigenvalue weighted by molar-refractivity contribution is -0.138. The molecule has 0 spiro atoms.